The smallest absolute Gasteiger partial charge is 0.253 e. The SMILES string of the molecule is CCNCC1CCN(C(=O)c2ccc(S(=O)(=O)NC(C)C)cc2)CC1.Cl. The van der Waals surface area contributed by atoms with Crippen LogP contribution in [0.2, 0.25) is 0 Å². The number of rotatable bonds is 7. The van der Waals surface area contributed by atoms with Gasteiger partial charge in [-0.15, -0.1) is 12.4 Å². The summed E-state index contributed by atoms with van der Waals surface area (Å²) in [5.74, 6) is 0.598. The third-order valence-corrected chi connectivity index (χ3v) is 6.06. The number of hydrogen-bond acceptors (Lipinski definition) is 4. The monoisotopic (exact) mass is 403 g/mol. The van der Waals surface area contributed by atoms with Gasteiger partial charge in [0, 0.05) is 24.7 Å². The van der Waals surface area contributed by atoms with Crippen LogP contribution in [-0.2, 0) is 10.0 Å². The molecular weight excluding hydrogens is 374 g/mol. The van der Waals surface area contributed by atoms with E-state index in [0.717, 1.165) is 39.0 Å². The van der Waals surface area contributed by atoms with Crippen molar-refractivity contribution in [1.29, 1.82) is 0 Å². The molecule has 6 nitrogen and oxygen atoms in total. The minimum atomic E-state index is -3.52. The topological polar surface area (TPSA) is 78.5 Å². The molecule has 0 saturated carbocycles. The van der Waals surface area contributed by atoms with Crippen molar-refractivity contribution in [3.63, 3.8) is 0 Å². The van der Waals surface area contributed by atoms with Crippen LogP contribution in [0.15, 0.2) is 29.2 Å². The molecule has 8 heteroatoms. The van der Waals surface area contributed by atoms with Crippen LogP contribution in [0, 0.1) is 5.92 Å². The Hall–Kier alpha value is -1.15. The number of hydrogen-bond donors (Lipinski definition) is 2. The number of likely N-dealkylation sites (tertiary alicyclic amines) is 1. The van der Waals surface area contributed by atoms with E-state index in [0.29, 0.717) is 11.5 Å². The molecule has 0 unspecified atom stereocenters. The van der Waals surface area contributed by atoms with Crippen LogP contribution >= 0.6 is 12.4 Å². The Bertz CT molecular complexity index is 669. The molecule has 2 N–H and O–H groups in total. The van der Waals surface area contributed by atoms with E-state index in [2.05, 4.69) is 17.0 Å². The highest BCUT2D eigenvalue weighted by atomic mass is 35.5. The van der Waals surface area contributed by atoms with E-state index < -0.39 is 10.0 Å². The van der Waals surface area contributed by atoms with Gasteiger partial charge in [-0.3, -0.25) is 4.79 Å². The maximum absolute atomic E-state index is 12.6. The predicted molar refractivity (Wildman–Crippen MR) is 106 cm³/mol. The molecule has 1 aromatic carbocycles. The van der Waals surface area contributed by atoms with Gasteiger partial charge in [0.15, 0.2) is 0 Å². The summed E-state index contributed by atoms with van der Waals surface area (Å²) in [6.45, 7) is 9.13. The molecule has 1 aliphatic heterocycles. The van der Waals surface area contributed by atoms with Gasteiger partial charge in [-0.2, -0.15) is 0 Å². The number of piperidine rings is 1. The molecular formula is C18H30ClN3O3S. The molecule has 1 aliphatic rings. The van der Waals surface area contributed by atoms with Crippen molar-refractivity contribution < 1.29 is 13.2 Å². The van der Waals surface area contributed by atoms with E-state index >= 15 is 0 Å². The first-order chi connectivity index (χ1) is 11.8. The van der Waals surface area contributed by atoms with Crippen molar-refractivity contribution in [2.45, 2.75) is 44.6 Å². The standard InChI is InChI=1S/C18H29N3O3S.ClH/c1-4-19-13-15-9-11-21(12-10-15)18(22)16-5-7-17(8-6-16)25(23,24)20-14(2)3;/h5-8,14-15,19-20H,4,9-13H2,1-3H3;1H. The predicted octanol–water partition coefficient (Wildman–Crippen LogP) is 2.26. The average molecular weight is 404 g/mol. The quantitative estimate of drug-likeness (QED) is 0.731. The van der Waals surface area contributed by atoms with E-state index in [9.17, 15) is 13.2 Å². The van der Waals surface area contributed by atoms with E-state index in [1.807, 2.05) is 4.90 Å². The zero-order valence-electron chi connectivity index (χ0n) is 15.7. The van der Waals surface area contributed by atoms with Gasteiger partial charge in [0.1, 0.15) is 0 Å². The first-order valence-electron chi connectivity index (χ1n) is 8.96. The highest BCUT2D eigenvalue weighted by Gasteiger charge is 2.24. The second-order valence-corrected chi connectivity index (χ2v) is 8.56. The molecule has 1 heterocycles. The minimum Gasteiger partial charge on any atom is -0.339 e. The maximum Gasteiger partial charge on any atom is 0.253 e. The van der Waals surface area contributed by atoms with Gasteiger partial charge in [0.2, 0.25) is 10.0 Å². The highest BCUT2D eigenvalue weighted by Crippen LogP contribution is 2.19. The summed E-state index contributed by atoms with van der Waals surface area (Å²) in [6.07, 6.45) is 2.01. The molecule has 0 aliphatic carbocycles. The van der Waals surface area contributed by atoms with Crippen LogP contribution in [0.4, 0.5) is 0 Å². The summed E-state index contributed by atoms with van der Waals surface area (Å²) in [6, 6.07) is 6.02. The van der Waals surface area contributed by atoms with Crippen LogP contribution in [-0.4, -0.2) is 51.4 Å². The number of nitrogens with one attached hydrogen (secondary N) is 2. The summed E-state index contributed by atoms with van der Waals surface area (Å²) < 4.78 is 26.8. The average Bonchev–Trinajstić information content (AvgIpc) is 2.59. The molecule has 0 spiro atoms. The molecule has 0 aromatic heterocycles. The molecule has 148 valence electrons. The molecule has 1 amide bonds. The van der Waals surface area contributed by atoms with E-state index in [4.69, 9.17) is 0 Å². The Morgan fingerprint density at radius 1 is 1.19 bits per heavy atom. The second-order valence-electron chi connectivity index (χ2n) is 6.84. The third kappa shape index (κ3) is 6.23. The Morgan fingerprint density at radius 2 is 1.77 bits per heavy atom. The van der Waals surface area contributed by atoms with Crippen molar-refractivity contribution in [3.8, 4) is 0 Å². The Balaban J connectivity index is 0.00000338. The number of carbonyl (C=O) groups excluding carboxylic acids is 1. The molecule has 1 fully saturated rings. The lowest BCUT2D eigenvalue weighted by atomic mass is 9.96. The van der Waals surface area contributed by atoms with Crippen molar-refractivity contribution >= 4 is 28.3 Å². The first kappa shape index (κ1) is 22.9. The van der Waals surface area contributed by atoms with Gasteiger partial charge < -0.3 is 10.2 Å². The van der Waals surface area contributed by atoms with Gasteiger partial charge in [0.25, 0.3) is 5.91 Å². The fraction of sp³-hybridized carbons (Fsp3) is 0.611. The van der Waals surface area contributed by atoms with Crippen LogP contribution < -0.4 is 10.0 Å². The number of benzene rings is 1. The number of halogens is 1. The van der Waals surface area contributed by atoms with E-state index in [1.54, 1.807) is 26.0 Å². The lowest BCUT2D eigenvalue weighted by Gasteiger charge is -2.32. The van der Waals surface area contributed by atoms with E-state index in [1.165, 1.54) is 12.1 Å². The molecule has 26 heavy (non-hydrogen) atoms. The second kappa shape index (κ2) is 10.3. The van der Waals surface area contributed by atoms with Crippen LogP contribution in [0.5, 0.6) is 0 Å². The third-order valence-electron chi connectivity index (χ3n) is 4.39. The molecule has 0 atom stereocenters. The highest BCUT2D eigenvalue weighted by molar-refractivity contribution is 7.89. The largest absolute Gasteiger partial charge is 0.339 e. The van der Waals surface area contributed by atoms with Gasteiger partial charge >= 0.3 is 0 Å². The van der Waals surface area contributed by atoms with Crippen molar-refractivity contribution in [1.82, 2.24) is 14.9 Å². The normalized spacial score (nSPS) is 15.8. The summed E-state index contributed by atoms with van der Waals surface area (Å²) in [7, 11) is -3.52. The van der Waals surface area contributed by atoms with Gasteiger partial charge in [-0.05, 0) is 70.0 Å². The first-order valence-corrected chi connectivity index (χ1v) is 10.4. The Morgan fingerprint density at radius 3 is 2.27 bits per heavy atom. The molecule has 1 aromatic rings. The van der Waals surface area contributed by atoms with Crippen LogP contribution in [0.1, 0.15) is 44.0 Å². The van der Waals surface area contributed by atoms with Gasteiger partial charge in [-0.25, -0.2) is 13.1 Å². The summed E-state index contributed by atoms with van der Waals surface area (Å²) >= 11 is 0. The number of nitrogens with zero attached hydrogens (tertiary/aromatic N) is 1. The maximum atomic E-state index is 12.6. The summed E-state index contributed by atoms with van der Waals surface area (Å²) in [5.41, 5.74) is 0.536. The van der Waals surface area contributed by atoms with Crippen molar-refractivity contribution in [2.75, 3.05) is 26.2 Å². The molecule has 0 radical (unpaired) electrons. The van der Waals surface area contributed by atoms with Gasteiger partial charge in [-0.1, -0.05) is 6.92 Å². The number of sulfonamides is 1. The van der Waals surface area contributed by atoms with Gasteiger partial charge in [0.05, 0.1) is 4.90 Å². The summed E-state index contributed by atoms with van der Waals surface area (Å²) in [4.78, 5) is 14.6. The Labute approximate surface area is 163 Å². The molecule has 1 saturated heterocycles. The number of amides is 1. The molecule has 0 bridgehead atoms. The van der Waals surface area contributed by atoms with Crippen LogP contribution in [0.25, 0.3) is 0 Å². The lowest BCUT2D eigenvalue weighted by molar-refractivity contribution is 0.0690. The molecule has 2 rings (SSSR count). The van der Waals surface area contributed by atoms with Crippen molar-refractivity contribution in [3.05, 3.63) is 29.8 Å². The summed E-state index contributed by atoms with van der Waals surface area (Å²) in [5, 5.41) is 3.36. The lowest BCUT2D eigenvalue weighted by Crippen LogP contribution is -2.40. The zero-order valence-corrected chi connectivity index (χ0v) is 17.3. The van der Waals surface area contributed by atoms with Crippen molar-refractivity contribution in [2.24, 2.45) is 5.92 Å². The van der Waals surface area contributed by atoms with Crippen LogP contribution in [0.3, 0.4) is 0 Å². The number of carbonyl (C=O) groups is 1. The van der Waals surface area contributed by atoms with E-state index in [-0.39, 0.29) is 29.3 Å². The Kier molecular flexibility index (Phi) is 9.03. The minimum absolute atomic E-state index is 0. The zero-order chi connectivity index (χ0) is 18.4. The fourth-order valence-corrected chi connectivity index (χ4v) is 4.28. The fourth-order valence-electron chi connectivity index (χ4n) is 3.03.